The molecule has 0 saturated carbocycles. The van der Waals surface area contributed by atoms with Crippen molar-refractivity contribution in [2.24, 2.45) is 0 Å². The first-order chi connectivity index (χ1) is 9.63. The van der Waals surface area contributed by atoms with E-state index in [-0.39, 0.29) is 12.6 Å². The maximum atomic E-state index is 12.1. The monoisotopic (exact) mass is 343 g/mol. The fraction of sp³-hybridized carbons (Fsp3) is 0.500. The first kappa shape index (κ1) is 18.3. The molecule has 0 radical (unpaired) electrons. The molecule has 21 heavy (non-hydrogen) atoms. The molecule has 0 fully saturated rings. The summed E-state index contributed by atoms with van der Waals surface area (Å²) < 4.78 is 61.6. The van der Waals surface area contributed by atoms with Crippen LogP contribution in [-0.4, -0.2) is 32.3 Å². The van der Waals surface area contributed by atoms with Gasteiger partial charge >= 0.3 is 15.6 Å². The van der Waals surface area contributed by atoms with E-state index in [4.69, 9.17) is 0 Å². The molecule has 0 amide bonds. The van der Waals surface area contributed by atoms with E-state index in [0.29, 0.717) is 0 Å². The Morgan fingerprint density at radius 3 is 2.38 bits per heavy atom. The molecular weight excluding hydrogens is 327 g/mol. The second-order valence-corrected chi connectivity index (χ2v) is 6.72. The van der Waals surface area contributed by atoms with E-state index in [1.54, 1.807) is 0 Å². The van der Waals surface area contributed by atoms with E-state index in [1.807, 2.05) is 37.3 Å². The summed E-state index contributed by atoms with van der Waals surface area (Å²) in [5.74, 6) is 0. The van der Waals surface area contributed by atoms with Crippen LogP contribution in [0.4, 0.5) is 13.2 Å². The third-order valence-electron chi connectivity index (χ3n) is 2.66. The van der Waals surface area contributed by atoms with Crippen LogP contribution >= 0.6 is 12.6 Å². The zero-order valence-electron chi connectivity index (χ0n) is 11.2. The average molecular weight is 343 g/mol. The van der Waals surface area contributed by atoms with Crippen LogP contribution in [0.1, 0.15) is 18.5 Å². The molecule has 0 heterocycles. The second-order valence-electron chi connectivity index (χ2n) is 4.38. The van der Waals surface area contributed by atoms with Crippen LogP contribution in [0.3, 0.4) is 0 Å². The molecule has 0 aliphatic heterocycles. The predicted molar refractivity (Wildman–Crippen MR) is 76.6 cm³/mol. The Labute approximate surface area is 127 Å². The van der Waals surface area contributed by atoms with Crippen LogP contribution in [0.15, 0.2) is 30.3 Å². The van der Waals surface area contributed by atoms with Gasteiger partial charge in [0.15, 0.2) is 0 Å². The lowest BCUT2D eigenvalue weighted by molar-refractivity contribution is -0.0541. The highest BCUT2D eigenvalue weighted by atomic mass is 32.2. The third kappa shape index (κ3) is 5.85. The van der Waals surface area contributed by atoms with Crippen molar-refractivity contribution >= 4 is 22.7 Å². The molecule has 1 aromatic rings. The van der Waals surface area contributed by atoms with Crippen molar-refractivity contribution in [1.29, 1.82) is 0 Å². The van der Waals surface area contributed by atoms with Crippen LogP contribution in [0.2, 0.25) is 0 Å². The van der Waals surface area contributed by atoms with Gasteiger partial charge in [-0.05, 0) is 12.5 Å². The van der Waals surface area contributed by atoms with E-state index < -0.39 is 27.5 Å². The maximum Gasteiger partial charge on any atom is 0.523 e. The minimum absolute atomic E-state index is 0.0416. The summed E-state index contributed by atoms with van der Waals surface area (Å²) in [5.41, 5.74) is -4.41. The van der Waals surface area contributed by atoms with Crippen LogP contribution in [0.25, 0.3) is 0 Å². The Kier molecular flexibility index (Phi) is 6.51. The van der Waals surface area contributed by atoms with Gasteiger partial charge in [0.05, 0.1) is 6.61 Å². The number of rotatable bonds is 7. The molecule has 1 N–H and O–H groups in total. The number of halogens is 3. The maximum absolute atomic E-state index is 12.1. The van der Waals surface area contributed by atoms with Crippen molar-refractivity contribution in [3.63, 3.8) is 0 Å². The highest BCUT2D eigenvalue weighted by molar-refractivity contribution is 7.87. The van der Waals surface area contributed by atoms with E-state index in [1.165, 1.54) is 0 Å². The van der Waals surface area contributed by atoms with Gasteiger partial charge in [-0.15, -0.1) is 0 Å². The number of benzene rings is 1. The Hall–Kier alpha value is -0.770. The normalized spacial score (nSPS) is 15.7. The molecule has 0 aliphatic rings. The molecule has 0 bridgehead atoms. The lowest BCUT2D eigenvalue weighted by atomic mass is 10.1. The topological polar surface area (TPSA) is 55.4 Å². The van der Waals surface area contributed by atoms with Gasteiger partial charge in [-0.25, -0.2) is 0 Å². The minimum Gasteiger partial charge on any atom is -0.309 e. The first-order valence-corrected chi connectivity index (χ1v) is 7.98. The van der Waals surface area contributed by atoms with Crippen molar-refractivity contribution in [2.75, 3.05) is 13.2 Å². The third-order valence-corrected chi connectivity index (χ3v) is 4.00. The Balaban J connectivity index is 2.40. The predicted octanol–water partition coefficient (Wildman–Crippen LogP) is 2.50. The van der Waals surface area contributed by atoms with Crippen molar-refractivity contribution in [3.05, 3.63) is 35.9 Å². The van der Waals surface area contributed by atoms with Crippen molar-refractivity contribution in [1.82, 2.24) is 5.32 Å². The summed E-state index contributed by atoms with van der Waals surface area (Å²) >= 11 is 4.01. The molecule has 0 aliphatic carbocycles. The molecule has 120 valence electrons. The standard InChI is InChI=1S/C12H16F3NO3S2/c1-9(10-5-3-2-4-6-10)16-7-11(20)8-19-21(17,18)12(13,14)15/h2-6,9,11,16,20H,7-8H2,1H3/t9-,11+/m1/s1. The summed E-state index contributed by atoms with van der Waals surface area (Å²) in [5, 5.41) is 2.35. The van der Waals surface area contributed by atoms with Crippen LogP contribution in [0, 0.1) is 0 Å². The molecule has 9 heteroatoms. The summed E-state index contributed by atoms with van der Waals surface area (Å²) in [4.78, 5) is 0. The summed E-state index contributed by atoms with van der Waals surface area (Å²) in [7, 11) is -5.56. The van der Waals surface area contributed by atoms with Crippen molar-refractivity contribution in [2.45, 2.75) is 23.7 Å². The fourth-order valence-corrected chi connectivity index (χ4v) is 2.22. The summed E-state index contributed by atoms with van der Waals surface area (Å²) in [6.07, 6.45) is 0. The zero-order valence-corrected chi connectivity index (χ0v) is 12.9. The quantitative estimate of drug-likeness (QED) is 0.454. The Bertz CT molecular complexity index is 534. The number of hydrogen-bond donors (Lipinski definition) is 2. The molecule has 0 spiro atoms. The molecule has 1 rings (SSSR count). The second kappa shape index (κ2) is 7.48. The largest absolute Gasteiger partial charge is 0.523 e. The number of hydrogen-bond acceptors (Lipinski definition) is 5. The van der Waals surface area contributed by atoms with Crippen molar-refractivity contribution in [3.8, 4) is 0 Å². The lowest BCUT2D eigenvalue weighted by Crippen LogP contribution is -2.32. The van der Waals surface area contributed by atoms with Crippen LogP contribution in [0.5, 0.6) is 0 Å². The van der Waals surface area contributed by atoms with Gasteiger partial charge in [0.25, 0.3) is 0 Å². The molecule has 0 saturated heterocycles. The summed E-state index contributed by atoms with van der Waals surface area (Å²) in [6, 6.07) is 9.36. The van der Waals surface area contributed by atoms with E-state index in [9.17, 15) is 21.6 Å². The Morgan fingerprint density at radius 1 is 1.29 bits per heavy atom. The first-order valence-electron chi connectivity index (χ1n) is 6.05. The molecular formula is C12H16F3NO3S2. The van der Waals surface area contributed by atoms with E-state index in [0.717, 1.165) is 5.56 Å². The van der Waals surface area contributed by atoms with Gasteiger partial charge in [-0.2, -0.15) is 34.2 Å². The molecule has 4 nitrogen and oxygen atoms in total. The fourth-order valence-electron chi connectivity index (χ4n) is 1.47. The van der Waals surface area contributed by atoms with Gasteiger partial charge in [0.1, 0.15) is 0 Å². The van der Waals surface area contributed by atoms with Gasteiger partial charge < -0.3 is 5.32 Å². The number of thiol groups is 1. The SMILES string of the molecule is C[C@@H](NC[C@H](S)COS(=O)(=O)C(F)(F)F)c1ccccc1. The lowest BCUT2D eigenvalue weighted by Gasteiger charge is -2.18. The molecule has 0 unspecified atom stereocenters. The van der Waals surface area contributed by atoms with Gasteiger partial charge in [-0.3, -0.25) is 4.18 Å². The van der Waals surface area contributed by atoms with Gasteiger partial charge in [0.2, 0.25) is 0 Å². The zero-order chi connectivity index (χ0) is 16.1. The highest BCUT2D eigenvalue weighted by Crippen LogP contribution is 2.24. The summed E-state index contributed by atoms with van der Waals surface area (Å²) in [6.45, 7) is 1.43. The minimum atomic E-state index is -5.56. The smallest absolute Gasteiger partial charge is 0.309 e. The van der Waals surface area contributed by atoms with Gasteiger partial charge in [0, 0.05) is 17.8 Å². The number of nitrogens with one attached hydrogen (secondary N) is 1. The van der Waals surface area contributed by atoms with Crippen LogP contribution < -0.4 is 5.32 Å². The Morgan fingerprint density at radius 2 is 1.86 bits per heavy atom. The van der Waals surface area contributed by atoms with Gasteiger partial charge in [-0.1, -0.05) is 30.3 Å². The molecule has 2 atom stereocenters. The highest BCUT2D eigenvalue weighted by Gasteiger charge is 2.47. The number of alkyl halides is 3. The van der Waals surface area contributed by atoms with E-state index >= 15 is 0 Å². The molecule has 1 aromatic carbocycles. The van der Waals surface area contributed by atoms with Crippen molar-refractivity contribution < 1.29 is 25.8 Å². The molecule has 0 aromatic heterocycles. The van der Waals surface area contributed by atoms with Crippen LogP contribution in [-0.2, 0) is 14.3 Å². The average Bonchev–Trinajstić information content (AvgIpc) is 2.42. The van der Waals surface area contributed by atoms with E-state index in [2.05, 4.69) is 22.1 Å².